The highest BCUT2D eigenvalue weighted by molar-refractivity contribution is 5.86. The van der Waals surface area contributed by atoms with Crippen LogP contribution in [0.25, 0.3) is 0 Å². The van der Waals surface area contributed by atoms with Crippen LogP contribution in [0.1, 0.15) is 25.3 Å². The summed E-state index contributed by atoms with van der Waals surface area (Å²) in [6.45, 7) is 3.84. The summed E-state index contributed by atoms with van der Waals surface area (Å²) in [4.78, 5) is 2.24. The molecule has 16 heavy (non-hydrogen) atoms. The molecule has 0 saturated carbocycles. The first-order valence-corrected chi connectivity index (χ1v) is 5.81. The predicted octanol–water partition coefficient (Wildman–Crippen LogP) is 3.21. The van der Waals surface area contributed by atoms with E-state index in [1.807, 2.05) is 6.07 Å². The molecule has 1 aliphatic heterocycles. The molecule has 1 aromatic rings. The fourth-order valence-electron chi connectivity index (χ4n) is 2.06. The van der Waals surface area contributed by atoms with E-state index >= 15 is 0 Å². The maximum atomic E-state index is 7.84. The zero-order chi connectivity index (χ0) is 11.4. The molecule has 1 aromatic carbocycles. The summed E-state index contributed by atoms with van der Waals surface area (Å²) in [5, 5.41) is 7.84. The van der Waals surface area contributed by atoms with Crippen molar-refractivity contribution in [2.24, 2.45) is 0 Å². The molecule has 2 nitrogen and oxygen atoms in total. The third kappa shape index (κ3) is 2.72. The van der Waals surface area contributed by atoms with Crippen molar-refractivity contribution in [1.82, 2.24) is 4.90 Å². The van der Waals surface area contributed by atoms with Gasteiger partial charge in [0.2, 0.25) is 0 Å². The number of hydrogen-bond acceptors (Lipinski definition) is 2. The highest BCUT2D eigenvalue weighted by atomic mass is 15.1. The molecule has 1 N–H and O–H groups in total. The van der Waals surface area contributed by atoms with Crippen molar-refractivity contribution in [3.8, 4) is 0 Å². The van der Waals surface area contributed by atoms with Crippen molar-refractivity contribution in [1.29, 1.82) is 5.41 Å². The van der Waals surface area contributed by atoms with Crippen LogP contribution < -0.4 is 0 Å². The lowest BCUT2D eigenvalue weighted by molar-refractivity contribution is 0.404. The van der Waals surface area contributed by atoms with Crippen LogP contribution in [0.4, 0.5) is 0 Å². The molecule has 84 valence electrons. The maximum Gasteiger partial charge on any atom is 0.0557 e. The van der Waals surface area contributed by atoms with Gasteiger partial charge in [-0.15, -0.1) is 0 Å². The van der Waals surface area contributed by atoms with Crippen LogP contribution in [0.5, 0.6) is 0 Å². The minimum Gasteiger partial charge on any atom is -0.368 e. The van der Waals surface area contributed by atoms with Crippen LogP contribution in [0.15, 0.2) is 42.1 Å². The van der Waals surface area contributed by atoms with E-state index in [1.165, 1.54) is 11.1 Å². The molecule has 2 heteroatoms. The summed E-state index contributed by atoms with van der Waals surface area (Å²) < 4.78 is 0. The number of benzene rings is 1. The Balaban J connectivity index is 2.07. The van der Waals surface area contributed by atoms with Crippen LogP contribution in [-0.4, -0.2) is 17.2 Å². The Morgan fingerprint density at radius 1 is 1.25 bits per heavy atom. The molecule has 0 aromatic heterocycles. The Hall–Kier alpha value is -1.57. The van der Waals surface area contributed by atoms with Gasteiger partial charge < -0.3 is 10.3 Å². The third-order valence-corrected chi connectivity index (χ3v) is 2.88. The number of hydrogen-bond donors (Lipinski definition) is 1. The molecule has 0 unspecified atom stereocenters. The van der Waals surface area contributed by atoms with Gasteiger partial charge in [0.25, 0.3) is 0 Å². The quantitative estimate of drug-likeness (QED) is 0.822. The fourth-order valence-corrected chi connectivity index (χ4v) is 2.06. The highest BCUT2D eigenvalue weighted by Crippen LogP contribution is 2.17. The highest BCUT2D eigenvalue weighted by Gasteiger charge is 2.13. The summed E-state index contributed by atoms with van der Waals surface area (Å²) in [7, 11) is 0. The first kappa shape index (κ1) is 10.9. The molecular weight excluding hydrogens is 196 g/mol. The summed E-state index contributed by atoms with van der Waals surface area (Å²) in [5.74, 6) is 0. The van der Waals surface area contributed by atoms with E-state index in [2.05, 4.69) is 42.3 Å². The second-order valence-electron chi connectivity index (χ2n) is 4.31. The average molecular weight is 214 g/mol. The van der Waals surface area contributed by atoms with Crippen molar-refractivity contribution in [3.63, 3.8) is 0 Å². The zero-order valence-electron chi connectivity index (χ0n) is 9.74. The van der Waals surface area contributed by atoms with E-state index in [0.29, 0.717) is 0 Å². The minimum absolute atomic E-state index is 0.776. The normalized spacial score (nSPS) is 16.2. The van der Waals surface area contributed by atoms with E-state index in [4.69, 9.17) is 5.41 Å². The summed E-state index contributed by atoms with van der Waals surface area (Å²) in [6, 6.07) is 10.4. The Kier molecular flexibility index (Phi) is 3.40. The lowest BCUT2D eigenvalue weighted by Crippen LogP contribution is -2.28. The number of rotatable bonds is 3. The van der Waals surface area contributed by atoms with Crippen LogP contribution in [0, 0.1) is 5.41 Å². The smallest absolute Gasteiger partial charge is 0.0557 e. The fraction of sp³-hybridized carbons (Fsp3) is 0.357. The van der Waals surface area contributed by atoms with Gasteiger partial charge in [-0.3, -0.25) is 0 Å². The lowest BCUT2D eigenvalue weighted by Gasteiger charge is -2.27. The van der Waals surface area contributed by atoms with Crippen molar-refractivity contribution in [2.45, 2.75) is 26.3 Å². The Morgan fingerprint density at radius 2 is 2.00 bits per heavy atom. The topological polar surface area (TPSA) is 27.1 Å². The molecule has 0 saturated heterocycles. The van der Waals surface area contributed by atoms with E-state index in [-0.39, 0.29) is 0 Å². The minimum atomic E-state index is 0.776. The molecule has 0 amide bonds. The number of allylic oxidation sites excluding steroid dienone is 1. The van der Waals surface area contributed by atoms with Gasteiger partial charge in [-0.05, 0) is 23.8 Å². The monoisotopic (exact) mass is 214 g/mol. The molecule has 1 aliphatic rings. The standard InChI is InChI=1S/C14H18N2/c1-2-12-8-14(15)11-16(9-12)10-13-6-4-3-5-7-13/h3-7,9,15H,2,8,10-11H2,1H3. The van der Waals surface area contributed by atoms with Gasteiger partial charge in [0.05, 0.1) is 6.54 Å². The van der Waals surface area contributed by atoms with Gasteiger partial charge in [0, 0.05) is 18.7 Å². The van der Waals surface area contributed by atoms with Gasteiger partial charge in [0.1, 0.15) is 0 Å². The molecule has 0 aliphatic carbocycles. The average Bonchev–Trinajstić information content (AvgIpc) is 2.29. The van der Waals surface area contributed by atoms with E-state index < -0.39 is 0 Å². The third-order valence-electron chi connectivity index (χ3n) is 2.88. The summed E-state index contributed by atoms with van der Waals surface area (Å²) in [5.41, 5.74) is 3.51. The molecule has 0 radical (unpaired) electrons. The van der Waals surface area contributed by atoms with Gasteiger partial charge in [-0.25, -0.2) is 0 Å². The first-order chi connectivity index (χ1) is 7.78. The molecule has 0 spiro atoms. The second-order valence-corrected chi connectivity index (χ2v) is 4.31. The van der Waals surface area contributed by atoms with Crippen molar-refractivity contribution >= 4 is 5.71 Å². The Labute approximate surface area is 97.1 Å². The van der Waals surface area contributed by atoms with Crippen LogP contribution >= 0.6 is 0 Å². The van der Waals surface area contributed by atoms with Crippen LogP contribution in [-0.2, 0) is 6.54 Å². The molecule has 0 fully saturated rings. The van der Waals surface area contributed by atoms with Crippen LogP contribution in [0.2, 0.25) is 0 Å². The predicted molar refractivity (Wildman–Crippen MR) is 67.6 cm³/mol. The maximum absolute atomic E-state index is 7.84. The van der Waals surface area contributed by atoms with Crippen molar-refractivity contribution in [2.75, 3.05) is 6.54 Å². The molecule has 0 atom stereocenters. The van der Waals surface area contributed by atoms with Gasteiger partial charge in [-0.2, -0.15) is 0 Å². The van der Waals surface area contributed by atoms with Crippen LogP contribution in [0.3, 0.4) is 0 Å². The number of nitrogens with one attached hydrogen (secondary N) is 1. The largest absolute Gasteiger partial charge is 0.368 e. The molecule has 2 rings (SSSR count). The molecular formula is C14H18N2. The molecule has 0 bridgehead atoms. The van der Waals surface area contributed by atoms with Crippen molar-refractivity contribution < 1.29 is 0 Å². The SMILES string of the molecule is CCC1=CN(Cc2ccccc2)CC(=N)C1. The first-order valence-electron chi connectivity index (χ1n) is 5.81. The van der Waals surface area contributed by atoms with Gasteiger partial charge in [-0.1, -0.05) is 37.3 Å². The van der Waals surface area contributed by atoms with E-state index in [1.54, 1.807) is 0 Å². The number of nitrogens with zero attached hydrogens (tertiary/aromatic N) is 1. The molecule has 1 heterocycles. The lowest BCUT2D eigenvalue weighted by atomic mass is 10.0. The summed E-state index contributed by atoms with van der Waals surface area (Å²) in [6.07, 6.45) is 4.14. The Morgan fingerprint density at radius 3 is 2.69 bits per heavy atom. The summed E-state index contributed by atoms with van der Waals surface area (Å²) >= 11 is 0. The second kappa shape index (κ2) is 4.97. The van der Waals surface area contributed by atoms with E-state index in [0.717, 1.165) is 31.6 Å². The van der Waals surface area contributed by atoms with Crippen molar-refractivity contribution in [3.05, 3.63) is 47.7 Å². The van der Waals surface area contributed by atoms with E-state index in [9.17, 15) is 0 Å². The van der Waals surface area contributed by atoms with Gasteiger partial charge >= 0.3 is 0 Å². The Bertz CT molecular complexity index is 392. The van der Waals surface area contributed by atoms with Gasteiger partial charge in [0.15, 0.2) is 0 Å². The zero-order valence-corrected chi connectivity index (χ0v) is 9.74.